The minimum absolute atomic E-state index is 0.0548. The van der Waals surface area contributed by atoms with Crippen molar-refractivity contribution >= 4 is 17.6 Å². The third-order valence-corrected chi connectivity index (χ3v) is 4.50. The molecule has 2 rings (SSSR count). The Bertz CT molecular complexity index is 696. The summed E-state index contributed by atoms with van der Waals surface area (Å²) in [6, 6.07) is 9.80. The fourth-order valence-electron chi connectivity index (χ4n) is 2.88. The number of likely N-dealkylation sites (tertiary alicyclic amines) is 1. The van der Waals surface area contributed by atoms with Crippen molar-refractivity contribution in [3.63, 3.8) is 0 Å². The first-order valence-corrected chi connectivity index (χ1v) is 9.00. The number of hydrogen-bond donors (Lipinski definition) is 1. The van der Waals surface area contributed by atoms with E-state index in [4.69, 9.17) is 4.74 Å². The van der Waals surface area contributed by atoms with Gasteiger partial charge in [0.05, 0.1) is 12.5 Å². The lowest BCUT2D eigenvalue weighted by Gasteiger charge is -2.30. The number of benzene rings is 1. The van der Waals surface area contributed by atoms with E-state index in [1.807, 2.05) is 30.3 Å². The first-order valence-electron chi connectivity index (χ1n) is 9.00. The van der Waals surface area contributed by atoms with Crippen LogP contribution in [-0.4, -0.2) is 36.5 Å². The van der Waals surface area contributed by atoms with E-state index in [1.165, 1.54) is 11.8 Å². The Labute approximate surface area is 154 Å². The summed E-state index contributed by atoms with van der Waals surface area (Å²) in [6.07, 6.45) is 3.53. The van der Waals surface area contributed by atoms with E-state index in [9.17, 15) is 14.9 Å². The second-order valence-corrected chi connectivity index (χ2v) is 6.18. The second-order valence-electron chi connectivity index (χ2n) is 6.18. The van der Waals surface area contributed by atoms with Crippen LogP contribution in [0.2, 0.25) is 0 Å². The number of nitrogens with zero attached hydrogens (tertiary/aromatic N) is 2. The summed E-state index contributed by atoms with van der Waals surface area (Å²) in [7, 11) is 0. The quantitative estimate of drug-likeness (QED) is 0.482. The summed E-state index contributed by atoms with van der Waals surface area (Å²) in [4.78, 5) is 25.9. The lowest BCUT2D eigenvalue weighted by molar-refractivity contribution is -0.150. The molecule has 6 heteroatoms. The molecule has 1 N–H and O–H groups in total. The normalized spacial score (nSPS) is 15.3. The summed E-state index contributed by atoms with van der Waals surface area (Å²) in [6.45, 7) is 5.13. The van der Waals surface area contributed by atoms with Gasteiger partial charge in [-0.15, -0.1) is 0 Å². The lowest BCUT2D eigenvalue weighted by atomic mass is 9.96. The number of piperidine rings is 1. The molecule has 1 amide bonds. The highest BCUT2D eigenvalue weighted by atomic mass is 16.5. The maximum Gasteiger partial charge on any atom is 0.309 e. The van der Waals surface area contributed by atoms with Crippen molar-refractivity contribution in [2.24, 2.45) is 5.92 Å². The first-order chi connectivity index (χ1) is 12.6. The average Bonchev–Trinajstić information content (AvgIpc) is 2.69. The van der Waals surface area contributed by atoms with Gasteiger partial charge in [0.2, 0.25) is 0 Å². The molecule has 1 fully saturated rings. The van der Waals surface area contributed by atoms with Crippen molar-refractivity contribution < 1.29 is 14.3 Å². The summed E-state index contributed by atoms with van der Waals surface area (Å²) < 4.78 is 5.03. The molecule has 0 bridgehead atoms. The predicted octanol–water partition coefficient (Wildman–Crippen LogP) is 2.87. The molecule has 1 aromatic rings. The molecule has 1 saturated heterocycles. The van der Waals surface area contributed by atoms with Crippen LogP contribution in [0.15, 0.2) is 36.0 Å². The molecule has 0 atom stereocenters. The highest BCUT2D eigenvalue weighted by Crippen LogP contribution is 2.20. The number of hydrogen-bond acceptors (Lipinski definition) is 5. The monoisotopic (exact) mass is 355 g/mol. The fraction of sp³-hybridized carbons (Fsp3) is 0.450. The number of anilines is 1. The molecule has 6 nitrogen and oxygen atoms in total. The van der Waals surface area contributed by atoms with Crippen molar-refractivity contribution in [2.45, 2.75) is 33.1 Å². The van der Waals surface area contributed by atoms with E-state index in [2.05, 4.69) is 12.2 Å². The van der Waals surface area contributed by atoms with E-state index in [0.29, 0.717) is 32.5 Å². The third kappa shape index (κ3) is 5.09. The molecule has 0 aromatic heterocycles. The van der Waals surface area contributed by atoms with Crippen LogP contribution in [0, 0.1) is 17.2 Å². The lowest BCUT2D eigenvalue weighted by Crippen LogP contribution is -2.41. The third-order valence-electron chi connectivity index (χ3n) is 4.50. The van der Waals surface area contributed by atoms with Crippen LogP contribution < -0.4 is 5.32 Å². The zero-order chi connectivity index (χ0) is 18.9. The second kappa shape index (κ2) is 9.62. The van der Waals surface area contributed by atoms with Gasteiger partial charge in [-0.2, -0.15) is 5.26 Å². The zero-order valence-electron chi connectivity index (χ0n) is 15.3. The van der Waals surface area contributed by atoms with Crippen molar-refractivity contribution in [3.8, 4) is 6.07 Å². The minimum atomic E-state index is -0.313. The van der Waals surface area contributed by atoms with Crippen LogP contribution in [-0.2, 0) is 20.7 Å². The molecular formula is C20H25N3O3. The Kier molecular flexibility index (Phi) is 7.22. The van der Waals surface area contributed by atoms with Gasteiger partial charge in [0, 0.05) is 25.0 Å². The van der Waals surface area contributed by atoms with E-state index in [1.54, 1.807) is 11.8 Å². The Balaban J connectivity index is 1.94. The Morgan fingerprint density at radius 2 is 1.92 bits per heavy atom. The fourth-order valence-corrected chi connectivity index (χ4v) is 2.88. The Morgan fingerprint density at radius 1 is 1.27 bits per heavy atom. The van der Waals surface area contributed by atoms with Gasteiger partial charge in [0.1, 0.15) is 11.6 Å². The van der Waals surface area contributed by atoms with E-state index >= 15 is 0 Å². The van der Waals surface area contributed by atoms with Gasteiger partial charge in [-0.3, -0.25) is 9.59 Å². The van der Waals surface area contributed by atoms with Crippen LogP contribution >= 0.6 is 0 Å². The molecule has 0 spiro atoms. The molecule has 0 radical (unpaired) electrons. The first kappa shape index (κ1) is 19.5. The largest absolute Gasteiger partial charge is 0.466 e. The number of carbonyl (C=O) groups is 2. The predicted molar refractivity (Wildman–Crippen MR) is 99.1 cm³/mol. The zero-order valence-corrected chi connectivity index (χ0v) is 15.3. The molecule has 0 saturated carbocycles. The molecular weight excluding hydrogens is 330 g/mol. The molecule has 26 heavy (non-hydrogen) atoms. The molecule has 1 aliphatic rings. The number of esters is 1. The molecule has 1 aromatic carbocycles. The number of rotatable bonds is 6. The van der Waals surface area contributed by atoms with Gasteiger partial charge < -0.3 is 15.0 Å². The van der Waals surface area contributed by atoms with Crippen molar-refractivity contribution in [3.05, 3.63) is 41.6 Å². The number of aryl methyl sites for hydroxylation is 1. The topological polar surface area (TPSA) is 82.4 Å². The summed E-state index contributed by atoms with van der Waals surface area (Å²) in [5, 5.41) is 12.3. The highest BCUT2D eigenvalue weighted by Gasteiger charge is 2.29. The van der Waals surface area contributed by atoms with Crippen LogP contribution in [0.1, 0.15) is 32.3 Å². The van der Waals surface area contributed by atoms with Gasteiger partial charge in [-0.1, -0.05) is 19.1 Å². The van der Waals surface area contributed by atoms with Crippen molar-refractivity contribution in [2.75, 3.05) is 25.0 Å². The molecule has 0 aliphatic carbocycles. The standard InChI is InChI=1S/C20H25N3O3/c1-3-15-5-7-18(8-6-15)22-14-17(13-21)19(24)23-11-9-16(10-12-23)20(25)26-4-2/h5-8,14,16,22H,3-4,9-12H2,1-2H3/b17-14-. The average molecular weight is 355 g/mol. The SMILES string of the molecule is CCOC(=O)C1CCN(C(=O)/C(C#N)=C\Nc2ccc(CC)cc2)CC1. The van der Waals surface area contributed by atoms with Gasteiger partial charge in [0.15, 0.2) is 0 Å². The Hall–Kier alpha value is -2.81. The van der Waals surface area contributed by atoms with Crippen LogP contribution in [0.4, 0.5) is 5.69 Å². The maximum absolute atomic E-state index is 12.5. The number of amides is 1. The smallest absolute Gasteiger partial charge is 0.309 e. The van der Waals surface area contributed by atoms with Crippen LogP contribution in [0.25, 0.3) is 0 Å². The van der Waals surface area contributed by atoms with E-state index in [0.717, 1.165) is 12.1 Å². The number of nitrogens with one attached hydrogen (secondary N) is 1. The van der Waals surface area contributed by atoms with Gasteiger partial charge >= 0.3 is 5.97 Å². The number of ether oxygens (including phenoxy) is 1. The minimum Gasteiger partial charge on any atom is -0.466 e. The number of carbonyl (C=O) groups excluding carboxylic acids is 2. The summed E-state index contributed by atoms with van der Waals surface area (Å²) in [5.41, 5.74) is 2.10. The van der Waals surface area contributed by atoms with E-state index in [-0.39, 0.29) is 23.4 Å². The van der Waals surface area contributed by atoms with Gasteiger partial charge in [0.25, 0.3) is 5.91 Å². The van der Waals surface area contributed by atoms with Gasteiger partial charge in [-0.05, 0) is 43.9 Å². The number of nitriles is 1. The summed E-state index contributed by atoms with van der Waals surface area (Å²) >= 11 is 0. The van der Waals surface area contributed by atoms with E-state index < -0.39 is 0 Å². The van der Waals surface area contributed by atoms with Crippen LogP contribution in [0.3, 0.4) is 0 Å². The summed E-state index contributed by atoms with van der Waals surface area (Å²) in [5.74, 6) is -0.677. The molecule has 138 valence electrons. The highest BCUT2D eigenvalue weighted by molar-refractivity contribution is 5.97. The molecule has 0 unspecified atom stereocenters. The Morgan fingerprint density at radius 3 is 2.46 bits per heavy atom. The molecule has 1 aliphatic heterocycles. The van der Waals surface area contributed by atoms with Crippen LogP contribution in [0.5, 0.6) is 0 Å². The van der Waals surface area contributed by atoms with Gasteiger partial charge in [-0.25, -0.2) is 0 Å². The van der Waals surface area contributed by atoms with Crippen molar-refractivity contribution in [1.82, 2.24) is 4.90 Å². The maximum atomic E-state index is 12.5. The molecule has 1 heterocycles. The van der Waals surface area contributed by atoms with Crippen molar-refractivity contribution in [1.29, 1.82) is 5.26 Å².